The average molecular weight is 375 g/mol. The number of rotatable bonds is 3. The summed E-state index contributed by atoms with van der Waals surface area (Å²) in [4.78, 5) is 33.8. The Kier molecular flexibility index (Phi) is 5.21. The standard InChI is InChI=1S/C20H29N3O4/c1-13(2)18-21-15-12-23(10-7-16(15)27-18)19(24)14-5-8-22(9-6-14)20(25)17-4-3-11-26-17/h13-14,17H,3-12H2,1-2H3. The van der Waals surface area contributed by atoms with Crippen molar-refractivity contribution in [2.24, 2.45) is 5.92 Å². The van der Waals surface area contributed by atoms with Gasteiger partial charge in [0.1, 0.15) is 17.6 Å². The summed E-state index contributed by atoms with van der Waals surface area (Å²) in [6.45, 7) is 7.33. The zero-order valence-corrected chi connectivity index (χ0v) is 16.3. The van der Waals surface area contributed by atoms with Crippen LogP contribution in [0, 0.1) is 5.92 Å². The van der Waals surface area contributed by atoms with Crippen LogP contribution in [-0.4, -0.2) is 58.9 Å². The Morgan fingerprint density at radius 1 is 1.07 bits per heavy atom. The summed E-state index contributed by atoms with van der Waals surface area (Å²) in [7, 11) is 0. The second kappa shape index (κ2) is 7.62. The van der Waals surface area contributed by atoms with Crippen LogP contribution >= 0.6 is 0 Å². The Balaban J connectivity index is 1.32. The van der Waals surface area contributed by atoms with Gasteiger partial charge in [0, 0.05) is 44.5 Å². The van der Waals surface area contributed by atoms with E-state index in [2.05, 4.69) is 18.8 Å². The van der Waals surface area contributed by atoms with Crippen LogP contribution in [0.25, 0.3) is 0 Å². The van der Waals surface area contributed by atoms with Gasteiger partial charge in [-0.05, 0) is 25.7 Å². The van der Waals surface area contributed by atoms with Crippen LogP contribution in [0.4, 0.5) is 0 Å². The molecule has 0 N–H and O–H groups in total. The lowest BCUT2D eigenvalue weighted by molar-refractivity contribution is -0.146. The van der Waals surface area contributed by atoms with Gasteiger partial charge < -0.3 is 19.0 Å². The quantitative estimate of drug-likeness (QED) is 0.809. The topological polar surface area (TPSA) is 75.9 Å². The Morgan fingerprint density at radius 2 is 1.85 bits per heavy atom. The van der Waals surface area contributed by atoms with E-state index in [1.54, 1.807) is 0 Å². The van der Waals surface area contributed by atoms with Crippen LogP contribution in [0.15, 0.2) is 4.42 Å². The van der Waals surface area contributed by atoms with Crippen molar-refractivity contribution in [3.8, 4) is 0 Å². The molecule has 0 radical (unpaired) electrons. The molecule has 7 heteroatoms. The van der Waals surface area contributed by atoms with Gasteiger partial charge in [0.15, 0.2) is 5.89 Å². The first-order valence-electron chi connectivity index (χ1n) is 10.2. The van der Waals surface area contributed by atoms with Gasteiger partial charge in [0.2, 0.25) is 5.91 Å². The lowest BCUT2D eigenvalue weighted by Gasteiger charge is -2.35. The first-order chi connectivity index (χ1) is 13.0. The predicted octanol–water partition coefficient (Wildman–Crippen LogP) is 2.10. The number of fused-ring (bicyclic) bond motifs is 1. The van der Waals surface area contributed by atoms with E-state index in [9.17, 15) is 9.59 Å². The Morgan fingerprint density at radius 3 is 2.52 bits per heavy atom. The second-order valence-electron chi connectivity index (χ2n) is 8.19. The highest BCUT2D eigenvalue weighted by molar-refractivity contribution is 5.82. The van der Waals surface area contributed by atoms with Crippen molar-refractivity contribution >= 4 is 11.8 Å². The Hall–Kier alpha value is -1.89. The van der Waals surface area contributed by atoms with E-state index in [-0.39, 0.29) is 29.8 Å². The lowest BCUT2D eigenvalue weighted by atomic mass is 9.94. The summed E-state index contributed by atoms with van der Waals surface area (Å²) < 4.78 is 11.3. The molecule has 0 saturated carbocycles. The molecule has 0 spiro atoms. The van der Waals surface area contributed by atoms with Crippen molar-refractivity contribution in [3.63, 3.8) is 0 Å². The highest BCUT2D eigenvalue weighted by Gasteiger charge is 2.35. The predicted molar refractivity (Wildman–Crippen MR) is 98.0 cm³/mol. The minimum absolute atomic E-state index is 0.00318. The smallest absolute Gasteiger partial charge is 0.251 e. The molecule has 148 valence electrons. The van der Waals surface area contributed by atoms with E-state index in [1.807, 2.05) is 9.80 Å². The largest absolute Gasteiger partial charge is 0.445 e. The fourth-order valence-electron chi connectivity index (χ4n) is 4.23. The molecule has 7 nitrogen and oxygen atoms in total. The van der Waals surface area contributed by atoms with Gasteiger partial charge in [-0.3, -0.25) is 9.59 Å². The molecule has 1 aromatic heterocycles. The first-order valence-corrected chi connectivity index (χ1v) is 10.2. The number of oxazole rings is 1. The summed E-state index contributed by atoms with van der Waals surface area (Å²) in [5.74, 6) is 2.24. The summed E-state index contributed by atoms with van der Waals surface area (Å²) in [6.07, 6.45) is 3.72. The summed E-state index contributed by atoms with van der Waals surface area (Å²) in [5.41, 5.74) is 0.907. The van der Waals surface area contributed by atoms with Crippen molar-refractivity contribution < 1.29 is 18.7 Å². The van der Waals surface area contributed by atoms with Gasteiger partial charge in [-0.2, -0.15) is 0 Å². The van der Waals surface area contributed by atoms with Crippen LogP contribution in [0.3, 0.4) is 0 Å². The summed E-state index contributed by atoms with van der Waals surface area (Å²) >= 11 is 0. The molecule has 1 atom stereocenters. The molecule has 1 unspecified atom stereocenters. The van der Waals surface area contributed by atoms with Gasteiger partial charge in [0.25, 0.3) is 5.91 Å². The average Bonchev–Trinajstić information content (AvgIpc) is 3.36. The van der Waals surface area contributed by atoms with Crippen LogP contribution < -0.4 is 0 Å². The molecule has 27 heavy (non-hydrogen) atoms. The molecule has 0 aliphatic carbocycles. The van der Waals surface area contributed by atoms with Crippen LogP contribution in [0.5, 0.6) is 0 Å². The Labute approximate surface area is 160 Å². The molecule has 1 aromatic rings. The Bertz CT molecular complexity index is 700. The zero-order valence-electron chi connectivity index (χ0n) is 16.3. The number of hydrogen-bond acceptors (Lipinski definition) is 5. The molecular weight excluding hydrogens is 346 g/mol. The SMILES string of the molecule is CC(C)c1nc2c(o1)CCN(C(=O)C1CCN(C(=O)C3CCCO3)CC1)C2. The first kappa shape index (κ1) is 18.5. The van der Waals surface area contributed by atoms with E-state index >= 15 is 0 Å². The van der Waals surface area contributed by atoms with Crippen molar-refractivity contribution in [2.75, 3.05) is 26.2 Å². The maximum absolute atomic E-state index is 13.0. The third kappa shape index (κ3) is 3.74. The van der Waals surface area contributed by atoms with Gasteiger partial charge in [0.05, 0.1) is 6.54 Å². The van der Waals surface area contributed by atoms with Gasteiger partial charge in [-0.25, -0.2) is 4.98 Å². The van der Waals surface area contributed by atoms with Crippen molar-refractivity contribution in [1.82, 2.24) is 14.8 Å². The number of hydrogen-bond donors (Lipinski definition) is 0. The molecule has 0 aromatic carbocycles. The number of ether oxygens (including phenoxy) is 1. The molecule has 3 aliphatic rings. The zero-order chi connectivity index (χ0) is 19.0. The highest BCUT2D eigenvalue weighted by atomic mass is 16.5. The van der Waals surface area contributed by atoms with E-state index in [0.717, 1.165) is 49.4 Å². The number of carbonyl (C=O) groups excluding carboxylic acids is 2. The minimum atomic E-state index is -0.264. The van der Waals surface area contributed by atoms with Gasteiger partial charge in [-0.1, -0.05) is 13.8 Å². The fourth-order valence-corrected chi connectivity index (χ4v) is 4.23. The molecule has 2 fully saturated rings. The maximum Gasteiger partial charge on any atom is 0.251 e. The number of nitrogens with zero attached hydrogens (tertiary/aromatic N) is 3. The number of amides is 2. The van der Waals surface area contributed by atoms with Gasteiger partial charge >= 0.3 is 0 Å². The molecular formula is C20H29N3O4. The molecule has 4 rings (SSSR count). The molecule has 2 amide bonds. The number of carbonyl (C=O) groups is 2. The van der Waals surface area contributed by atoms with Crippen molar-refractivity contribution in [3.05, 3.63) is 17.3 Å². The third-order valence-electron chi connectivity index (χ3n) is 5.91. The number of piperidine rings is 1. The maximum atomic E-state index is 13.0. The summed E-state index contributed by atoms with van der Waals surface area (Å²) in [5, 5.41) is 0. The van der Waals surface area contributed by atoms with Gasteiger partial charge in [-0.15, -0.1) is 0 Å². The van der Waals surface area contributed by atoms with Crippen LogP contribution in [0.1, 0.15) is 62.8 Å². The second-order valence-corrected chi connectivity index (χ2v) is 8.19. The minimum Gasteiger partial charge on any atom is -0.445 e. The highest BCUT2D eigenvalue weighted by Crippen LogP contribution is 2.27. The van der Waals surface area contributed by atoms with Crippen LogP contribution in [-0.2, 0) is 27.3 Å². The molecule has 0 bridgehead atoms. The van der Waals surface area contributed by atoms with Crippen molar-refractivity contribution in [1.29, 1.82) is 0 Å². The van der Waals surface area contributed by atoms with E-state index in [4.69, 9.17) is 9.15 Å². The van der Waals surface area contributed by atoms with Crippen molar-refractivity contribution in [2.45, 2.75) is 64.5 Å². The van der Waals surface area contributed by atoms with E-state index in [0.29, 0.717) is 32.8 Å². The lowest BCUT2D eigenvalue weighted by Crippen LogP contribution is -2.47. The van der Waals surface area contributed by atoms with E-state index < -0.39 is 0 Å². The summed E-state index contributed by atoms with van der Waals surface area (Å²) in [6, 6.07) is 0. The molecule has 3 aliphatic heterocycles. The normalized spacial score (nSPS) is 23.7. The third-order valence-corrected chi connectivity index (χ3v) is 5.91. The number of likely N-dealkylation sites (tertiary alicyclic amines) is 1. The van der Waals surface area contributed by atoms with E-state index in [1.165, 1.54) is 0 Å². The fraction of sp³-hybridized carbons (Fsp3) is 0.750. The number of aromatic nitrogens is 1. The molecule has 4 heterocycles. The monoisotopic (exact) mass is 375 g/mol. The molecule has 2 saturated heterocycles. The van der Waals surface area contributed by atoms with Crippen LogP contribution in [0.2, 0.25) is 0 Å².